The van der Waals surface area contributed by atoms with Gasteiger partial charge in [0.1, 0.15) is 23.9 Å². The zero-order chi connectivity index (χ0) is 33.6. The minimum Gasteiger partial charge on any atom is -0.460 e. The standard InChI is InChI=1S/C38H49NO9/c1-37(2,3)47-33(41)16-14-28(21-40)39-35(42)25-19-31(34-32(20-25)46-38(48-34,26-10-11-26)27-12-13-27)45-36(43)24-6-4-5-22(17-24)7-8-23-9-15-29-30(18-23)44-29/h4-8,17,20,23,26-32,34,40H,9-16,18-19,21H2,1-3H3,(H,39,42). The molecular weight excluding hydrogens is 614 g/mol. The summed E-state index contributed by atoms with van der Waals surface area (Å²) in [5.41, 5.74) is 1.14. The molecule has 5 fully saturated rings. The van der Waals surface area contributed by atoms with Gasteiger partial charge in [-0.25, -0.2) is 4.79 Å². The maximum atomic E-state index is 13.7. The van der Waals surface area contributed by atoms with Crippen LogP contribution in [0.2, 0.25) is 0 Å². The predicted octanol–water partition coefficient (Wildman–Crippen LogP) is 5.02. The fraction of sp³-hybridized carbons (Fsp3) is 0.658. The van der Waals surface area contributed by atoms with Gasteiger partial charge in [0.15, 0.2) is 5.79 Å². The van der Waals surface area contributed by atoms with Crippen molar-refractivity contribution in [2.45, 2.75) is 133 Å². The van der Waals surface area contributed by atoms with Crippen LogP contribution in [0.3, 0.4) is 0 Å². The Hall–Kier alpha value is -3.05. The molecule has 2 aliphatic heterocycles. The van der Waals surface area contributed by atoms with Crippen LogP contribution < -0.4 is 5.32 Å². The van der Waals surface area contributed by atoms with E-state index >= 15 is 0 Å². The number of allylic oxidation sites excluding steroid dienone is 1. The lowest BCUT2D eigenvalue weighted by atomic mass is 9.88. The number of carbonyl (C=O) groups is 3. The Morgan fingerprint density at radius 3 is 2.52 bits per heavy atom. The third kappa shape index (κ3) is 7.72. The van der Waals surface area contributed by atoms with Crippen LogP contribution in [0.4, 0.5) is 0 Å². The van der Waals surface area contributed by atoms with Crippen LogP contribution in [0.25, 0.3) is 6.08 Å². The number of epoxide rings is 1. The van der Waals surface area contributed by atoms with Gasteiger partial charge in [0, 0.05) is 30.3 Å². The molecule has 2 heterocycles. The Morgan fingerprint density at radius 1 is 1.06 bits per heavy atom. The summed E-state index contributed by atoms with van der Waals surface area (Å²) in [5.74, 6) is -0.904. The highest BCUT2D eigenvalue weighted by atomic mass is 16.8. The lowest BCUT2D eigenvalue weighted by molar-refractivity contribution is -0.209. The molecule has 0 radical (unpaired) electrons. The summed E-state index contributed by atoms with van der Waals surface area (Å²) in [6.07, 6.45) is 12.9. The van der Waals surface area contributed by atoms with E-state index in [2.05, 4.69) is 17.5 Å². The van der Waals surface area contributed by atoms with E-state index in [0.717, 1.165) is 50.5 Å². The van der Waals surface area contributed by atoms with Crippen LogP contribution in [0.1, 0.15) is 101 Å². The van der Waals surface area contributed by atoms with Crippen molar-refractivity contribution < 1.29 is 43.2 Å². The summed E-state index contributed by atoms with van der Waals surface area (Å²) in [4.78, 5) is 39.5. The van der Waals surface area contributed by atoms with Gasteiger partial charge in [0.25, 0.3) is 0 Å². The maximum absolute atomic E-state index is 13.7. The molecule has 10 heteroatoms. The van der Waals surface area contributed by atoms with Crippen molar-refractivity contribution in [3.8, 4) is 0 Å². The van der Waals surface area contributed by atoms with Gasteiger partial charge in [-0.3, -0.25) is 9.59 Å². The van der Waals surface area contributed by atoms with Crippen LogP contribution in [-0.2, 0) is 33.3 Å². The number of hydrogen-bond acceptors (Lipinski definition) is 9. The van der Waals surface area contributed by atoms with Crippen molar-refractivity contribution >= 4 is 23.9 Å². The lowest BCUT2D eigenvalue weighted by Crippen LogP contribution is -2.45. The lowest BCUT2D eigenvalue weighted by Gasteiger charge is -2.31. The molecule has 48 heavy (non-hydrogen) atoms. The fourth-order valence-electron chi connectivity index (χ4n) is 7.57. The number of esters is 2. The molecular formula is C38H49NO9. The molecule has 6 aliphatic rings. The first-order chi connectivity index (χ1) is 23.0. The molecule has 3 saturated carbocycles. The van der Waals surface area contributed by atoms with Crippen molar-refractivity contribution in [1.29, 1.82) is 0 Å². The third-order valence-electron chi connectivity index (χ3n) is 10.4. The quantitative estimate of drug-likeness (QED) is 0.234. The van der Waals surface area contributed by atoms with E-state index in [-0.39, 0.29) is 25.9 Å². The first-order valence-corrected chi connectivity index (χ1v) is 17.8. The molecule has 7 rings (SSSR count). The molecule has 0 spiro atoms. The number of hydrogen-bond donors (Lipinski definition) is 2. The number of aliphatic hydroxyl groups is 1. The predicted molar refractivity (Wildman–Crippen MR) is 175 cm³/mol. The molecule has 7 atom stereocenters. The first kappa shape index (κ1) is 33.4. The van der Waals surface area contributed by atoms with Gasteiger partial charge in [-0.2, -0.15) is 0 Å². The number of rotatable bonds is 12. The Bertz CT molecular complexity index is 1440. The van der Waals surface area contributed by atoms with E-state index in [1.165, 1.54) is 0 Å². The summed E-state index contributed by atoms with van der Waals surface area (Å²) >= 11 is 0. The Kier molecular flexibility index (Phi) is 9.30. The molecule has 0 aromatic heterocycles. The molecule has 260 valence electrons. The second-order valence-electron chi connectivity index (χ2n) is 15.5. The topological polar surface area (TPSA) is 133 Å². The maximum Gasteiger partial charge on any atom is 0.338 e. The van der Waals surface area contributed by atoms with Crippen molar-refractivity contribution in [3.63, 3.8) is 0 Å². The minimum atomic E-state index is -0.741. The highest BCUT2D eigenvalue weighted by molar-refractivity contribution is 5.94. The average molecular weight is 664 g/mol. The summed E-state index contributed by atoms with van der Waals surface area (Å²) in [6.45, 7) is 5.05. The highest BCUT2D eigenvalue weighted by Gasteiger charge is 2.64. The zero-order valence-electron chi connectivity index (χ0n) is 28.2. The largest absolute Gasteiger partial charge is 0.460 e. The number of benzene rings is 1. The van der Waals surface area contributed by atoms with Gasteiger partial charge < -0.3 is 34.1 Å². The van der Waals surface area contributed by atoms with E-state index in [1.54, 1.807) is 32.9 Å². The zero-order valence-corrected chi connectivity index (χ0v) is 28.2. The summed E-state index contributed by atoms with van der Waals surface area (Å²) in [7, 11) is 0. The second kappa shape index (κ2) is 13.3. The van der Waals surface area contributed by atoms with Crippen molar-refractivity contribution in [1.82, 2.24) is 5.32 Å². The third-order valence-corrected chi connectivity index (χ3v) is 10.4. The van der Waals surface area contributed by atoms with E-state index < -0.39 is 53.6 Å². The van der Waals surface area contributed by atoms with Crippen LogP contribution in [0, 0.1) is 17.8 Å². The summed E-state index contributed by atoms with van der Waals surface area (Å²) in [5, 5.41) is 12.9. The molecule has 10 nitrogen and oxygen atoms in total. The van der Waals surface area contributed by atoms with Crippen LogP contribution >= 0.6 is 0 Å². The van der Waals surface area contributed by atoms with E-state index in [4.69, 9.17) is 23.7 Å². The van der Waals surface area contributed by atoms with Crippen LogP contribution in [-0.4, -0.2) is 77.5 Å². The van der Waals surface area contributed by atoms with E-state index in [9.17, 15) is 19.5 Å². The van der Waals surface area contributed by atoms with Gasteiger partial charge in [-0.05, 0) is 102 Å². The molecule has 2 saturated heterocycles. The van der Waals surface area contributed by atoms with Gasteiger partial charge in [-0.15, -0.1) is 0 Å². The number of amides is 1. The second-order valence-corrected chi connectivity index (χ2v) is 15.5. The average Bonchev–Trinajstić information content (AvgIpc) is 3.92. The van der Waals surface area contributed by atoms with Crippen molar-refractivity contribution in [2.24, 2.45) is 17.8 Å². The van der Waals surface area contributed by atoms with Crippen molar-refractivity contribution in [2.75, 3.05) is 6.61 Å². The molecule has 0 bridgehead atoms. The van der Waals surface area contributed by atoms with Gasteiger partial charge in [0.05, 0.1) is 30.4 Å². The number of aliphatic hydroxyl groups excluding tert-OH is 1. The highest BCUT2D eigenvalue weighted by Crippen LogP contribution is 2.59. The Balaban J connectivity index is 1.04. The van der Waals surface area contributed by atoms with Crippen LogP contribution in [0.15, 0.2) is 42.0 Å². The summed E-state index contributed by atoms with van der Waals surface area (Å²) < 4.78 is 30.6. The van der Waals surface area contributed by atoms with E-state index in [1.807, 2.05) is 18.2 Å². The Morgan fingerprint density at radius 2 is 1.83 bits per heavy atom. The fourth-order valence-corrected chi connectivity index (χ4v) is 7.57. The van der Waals surface area contributed by atoms with Gasteiger partial charge in [-0.1, -0.05) is 24.3 Å². The van der Waals surface area contributed by atoms with Gasteiger partial charge >= 0.3 is 11.9 Å². The monoisotopic (exact) mass is 663 g/mol. The summed E-state index contributed by atoms with van der Waals surface area (Å²) in [6, 6.07) is 6.76. The number of fused-ring (bicyclic) bond motifs is 2. The minimum absolute atomic E-state index is 0.0549. The van der Waals surface area contributed by atoms with Crippen molar-refractivity contribution in [3.05, 3.63) is 53.1 Å². The number of nitrogens with one attached hydrogen (secondary N) is 1. The number of carbonyl (C=O) groups excluding carboxylic acids is 3. The molecule has 7 unspecified atom stereocenters. The molecule has 2 N–H and O–H groups in total. The first-order valence-electron chi connectivity index (χ1n) is 17.8. The van der Waals surface area contributed by atoms with E-state index in [0.29, 0.717) is 41.1 Å². The molecule has 1 amide bonds. The Labute approximate surface area is 282 Å². The smallest absolute Gasteiger partial charge is 0.338 e. The molecule has 1 aromatic rings. The SMILES string of the molecule is CC(C)(C)OC(=O)CCC(CO)NC(=O)C1=CC2OC(C3CC3)(C3CC3)OC2C(OC(=O)c2cccc(C=CC3CCC4OC4C3)c2)C1. The normalized spacial score (nSPS) is 31.3. The van der Waals surface area contributed by atoms with Gasteiger partial charge in [0.2, 0.25) is 5.91 Å². The molecule has 1 aromatic carbocycles. The molecule has 4 aliphatic carbocycles. The van der Waals surface area contributed by atoms with Crippen LogP contribution in [0.5, 0.6) is 0 Å². The number of ether oxygens (including phenoxy) is 5.